The molecule has 4 heteroatoms. The van der Waals surface area contributed by atoms with Gasteiger partial charge < -0.3 is 15.5 Å². The highest BCUT2D eigenvalue weighted by Gasteiger charge is 2.20. The maximum absolute atomic E-state index is 12.3. The number of allylic oxidation sites excluding steroid dienone is 2. The molecule has 1 amide bonds. The smallest absolute Gasteiger partial charge is 0.220 e. The Morgan fingerprint density at radius 2 is 0.776 bits per heavy atom. The highest BCUT2D eigenvalue weighted by Crippen LogP contribution is 2.17. The molecule has 292 valence electrons. The standard InChI is InChI=1S/C45H89NO3/c1-3-5-7-9-11-13-15-17-18-19-20-21-22-23-24-25-26-27-28-29-30-32-34-36-38-40-44(48)43(42-47)46-45(49)41-39-37-35-33-31-16-14-12-10-8-6-4-2/h12,14,43-44,47-48H,3-11,13,15-42H2,1-2H3,(H,46,49)/b14-12-. The number of aliphatic hydroxyl groups excluding tert-OH is 2. The molecule has 49 heavy (non-hydrogen) atoms. The summed E-state index contributed by atoms with van der Waals surface area (Å²) >= 11 is 0. The Hall–Kier alpha value is -0.870. The quantitative estimate of drug-likeness (QED) is 0.0441. The molecule has 0 heterocycles. The van der Waals surface area contributed by atoms with Crippen molar-refractivity contribution in [2.24, 2.45) is 0 Å². The third-order valence-corrected chi connectivity index (χ3v) is 10.5. The van der Waals surface area contributed by atoms with Gasteiger partial charge in [0.05, 0.1) is 18.8 Å². The second-order valence-corrected chi connectivity index (χ2v) is 15.5. The molecule has 0 aromatic rings. The summed E-state index contributed by atoms with van der Waals surface area (Å²) in [5.41, 5.74) is 0. The maximum atomic E-state index is 12.3. The summed E-state index contributed by atoms with van der Waals surface area (Å²) in [6.07, 6.45) is 51.6. The van der Waals surface area contributed by atoms with Gasteiger partial charge in [0.15, 0.2) is 0 Å². The van der Waals surface area contributed by atoms with E-state index in [4.69, 9.17) is 0 Å². The zero-order valence-electron chi connectivity index (χ0n) is 33.5. The predicted octanol–water partition coefficient (Wildman–Crippen LogP) is 13.9. The monoisotopic (exact) mass is 692 g/mol. The second-order valence-electron chi connectivity index (χ2n) is 15.5. The Labute approximate surface area is 307 Å². The van der Waals surface area contributed by atoms with Gasteiger partial charge >= 0.3 is 0 Å². The second kappa shape index (κ2) is 41.5. The van der Waals surface area contributed by atoms with Crippen molar-refractivity contribution in [3.8, 4) is 0 Å². The number of unbranched alkanes of at least 4 members (excludes halogenated alkanes) is 32. The molecule has 0 saturated heterocycles. The Morgan fingerprint density at radius 1 is 0.469 bits per heavy atom. The molecule has 0 rings (SSSR count). The lowest BCUT2D eigenvalue weighted by Crippen LogP contribution is -2.45. The van der Waals surface area contributed by atoms with Crippen molar-refractivity contribution in [1.82, 2.24) is 5.32 Å². The number of amides is 1. The number of carbonyl (C=O) groups excluding carboxylic acids is 1. The molecule has 0 spiro atoms. The van der Waals surface area contributed by atoms with Crippen LogP contribution in [0.5, 0.6) is 0 Å². The van der Waals surface area contributed by atoms with Crippen LogP contribution in [0.1, 0.15) is 251 Å². The lowest BCUT2D eigenvalue weighted by Gasteiger charge is -2.22. The van der Waals surface area contributed by atoms with E-state index in [1.54, 1.807) is 0 Å². The fraction of sp³-hybridized carbons (Fsp3) is 0.933. The number of carbonyl (C=O) groups is 1. The zero-order chi connectivity index (χ0) is 35.7. The zero-order valence-corrected chi connectivity index (χ0v) is 33.5. The molecular formula is C45H89NO3. The molecule has 0 aromatic heterocycles. The molecule has 0 bridgehead atoms. The van der Waals surface area contributed by atoms with E-state index in [1.807, 2.05) is 0 Å². The molecule has 0 aliphatic rings. The van der Waals surface area contributed by atoms with Gasteiger partial charge in [0.1, 0.15) is 0 Å². The average Bonchev–Trinajstić information content (AvgIpc) is 3.10. The van der Waals surface area contributed by atoms with Crippen molar-refractivity contribution in [2.45, 2.75) is 264 Å². The van der Waals surface area contributed by atoms with Crippen LogP contribution in [-0.2, 0) is 4.79 Å². The molecule has 2 atom stereocenters. The lowest BCUT2D eigenvalue weighted by molar-refractivity contribution is -0.123. The number of hydrogen-bond donors (Lipinski definition) is 3. The van der Waals surface area contributed by atoms with Crippen LogP contribution in [0.15, 0.2) is 12.2 Å². The van der Waals surface area contributed by atoms with Crippen LogP contribution < -0.4 is 5.32 Å². The molecular weight excluding hydrogens is 602 g/mol. The average molecular weight is 692 g/mol. The normalized spacial score (nSPS) is 13.0. The number of aliphatic hydroxyl groups is 2. The van der Waals surface area contributed by atoms with Crippen LogP contribution in [0, 0.1) is 0 Å². The maximum Gasteiger partial charge on any atom is 0.220 e. The van der Waals surface area contributed by atoms with E-state index in [2.05, 4.69) is 31.3 Å². The van der Waals surface area contributed by atoms with Gasteiger partial charge in [-0.25, -0.2) is 0 Å². The molecule has 0 radical (unpaired) electrons. The summed E-state index contributed by atoms with van der Waals surface area (Å²) in [4.78, 5) is 12.3. The summed E-state index contributed by atoms with van der Waals surface area (Å²) in [5, 5.41) is 23.1. The highest BCUT2D eigenvalue weighted by atomic mass is 16.3. The summed E-state index contributed by atoms with van der Waals surface area (Å²) in [7, 11) is 0. The van der Waals surface area contributed by atoms with Gasteiger partial charge in [0.2, 0.25) is 5.91 Å². The molecule has 0 aliphatic carbocycles. The van der Waals surface area contributed by atoms with Crippen LogP contribution in [0.25, 0.3) is 0 Å². The summed E-state index contributed by atoms with van der Waals surface area (Å²) in [6.45, 7) is 4.34. The van der Waals surface area contributed by atoms with Gasteiger partial charge in [-0.15, -0.1) is 0 Å². The van der Waals surface area contributed by atoms with E-state index in [0.29, 0.717) is 12.8 Å². The third kappa shape index (κ3) is 38.2. The van der Waals surface area contributed by atoms with Gasteiger partial charge in [0, 0.05) is 6.42 Å². The Bertz CT molecular complexity index is 666. The highest BCUT2D eigenvalue weighted by molar-refractivity contribution is 5.76. The third-order valence-electron chi connectivity index (χ3n) is 10.5. The van der Waals surface area contributed by atoms with Gasteiger partial charge in [-0.05, 0) is 38.5 Å². The first-order chi connectivity index (χ1) is 24.2. The summed E-state index contributed by atoms with van der Waals surface area (Å²) in [5.74, 6) is -0.0390. The van der Waals surface area contributed by atoms with Crippen LogP contribution >= 0.6 is 0 Å². The van der Waals surface area contributed by atoms with Crippen molar-refractivity contribution in [2.75, 3.05) is 6.61 Å². The Balaban J connectivity index is 3.43. The van der Waals surface area contributed by atoms with Crippen molar-refractivity contribution in [3.05, 3.63) is 12.2 Å². The Kier molecular flexibility index (Phi) is 40.8. The molecule has 2 unspecified atom stereocenters. The van der Waals surface area contributed by atoms with Crippen molar-refractivity contribution < 1.29 is 15.0 Å². The fourth-order valence-corrected chi connectivity index (χ4v) is 7.06. The molecule has 3 N–H and O–H groups in total. The molecule has 4 nitrogen and oxygen atoms in total. The van der Waals surface area contributed by atoms with E-state index in [1.165, 1.54) is 199 Å². The number of nitrogens with one attached hydrogen (secondary N) is 1. The molecule has 0 aliphatic heterocycles. The van der Waals surface area contributed by atoms with Crippen molar-refractivity contribution >= 4 is 5.91 Å². The van der Waals surface area contributed by atoms with Crippen LogP contribution in [0.2, 0.25) is 0 Å². The van der Waals surface area contributed by atoms with Crippen LogP contribution in [-0.4, -0.2) is 34.9 Å². The molecule has 0 aromatic carbocycles. The van der Waals surface area contributed by atoms with Crippen LogP contribution in [0.4, 0.5) is 0 Å². The van der Waals surface area contributed by atoms with E-state index in [0.717, 1.165) is 25.7 Å². The van der Waals surface area contributed by atoms with E-state index in [-0.39, 0.29) is 12.5 Å². The SMILES string of the molecule is CCCCC/C=C\CCCCCCCC(=O)NC(CO)C(O)CCCCCCCCCCCCCCCCCCCCCCCCCCC. The van der Waals surface area contributed by atoms with Crippen LogP contribution in [0.3, 0.4) is 0 Å². The summed E-state index contributed by atoms with van der Waals surface area (Å²) < 4.78 is 0. The number of hydrogen-bond acceptors (Lipinski definition) is 3. The van der Waals surface area contributed by atoms with Gasteiger partial charge in [-0.2, -0.15) is 0 Å². The minimum Gasteiger partial charge on any atom is -0.394 e. The first kappa shape index (κ1) is 48.1. The minimum absolute atomic E-state index is 0.0390. The fourth-order valence-electron chi connectivity index (χ4n) is 7.06. The summed E-state index contributed by atoms with van der Waals surface area (Å²) in [6, 6.07) is -0.536. The minimum atomic E-state index is -0.659. The Morgan fingerprint density at radius 3 is 1.16 bits per heavy atom. The molecule has 0 fully saturated rings. The van der Waals surface area contributed by atoms with Gasteiger partial charge in [-0.1, -0.05) is 219 Å². The first-order valence-electron chi connectivity index (χ1n) is 22.4. The van der Waals surface area contributed by atoms with Gasteiger partial charge in [0.25, 0.3) is 0 Å². The first-order valence-corrected chi connectivity index (χ1v) is 22.4. The predicted molar refractivity (Wildman–Crippen MR) is 216 cm³/mol. The van der Waals surface area contributed by atoms with Gasteiger partial charge in [-0.3, -0.25) is 4.79 Å². The lowest BCUT2D eigenvalue weighted by atomic mass is 10.0. The van der Waals surface area contributed by atoms with E-state index >= 15 is 0 Å². The van der Waals surface area contributed by atoms with E-state index in [9.17, 15) is 15.0 Å². The molecule has 0 saturated carbocycles. The van der Waals surface area contributed by atoms with Crippen molar-refractivity contribution in [1.29, 1.82) is 0 Å². The van der Waals surface area contributed by atoms with Crippen molar-refractivity contribution in [3.63, 3.8) is 0 Å². The van der Waals surface area contributed by atoms with E-state index < -0.39 is 12.1 Å². The largest absolute Gasteiger partial charge is 0.394 e. The topological polar surface area (TPSA) is 69.6 Å². The number of rotatable bonds is 41.